The molecule has 0 aliphatic carbocycles. The van der Waals surface area contributed by atoms with Crippen molar-refractivity contribution in [1.29, 1.82) is 0 Å². The fraction of sp³-hybridized carbons (Fsp3) is 0.391. The third kappa shape index (κ3) is 4.11. The second-order valence-corrected chi connectivity index (χ2v) is 8.01. The van der Waals surface area contributed by atoms with Crippen molar-refractivity contribution in [2.75, 3.05) is 0 Å². The van der Waals surface area contributed by atoms with Gasteiger partial charge in [-0.2, -0.15) is 0 Å². The first-order valence-corrected chi connectivity index (χ1v) is 9.27. The number of benzene rings is 2. The molecule has 2 aromatic rings. The van der Waals surface area contributed by atoms with E-state index in [0.29, 0.717) is 6.42 Å². The minimum absolute atomic E-state index is 0.0615. The lowest BCUT2D eigenvalue weighted by molar-refractivity contribution is 0.00578. The van der Waals surface area contributed by atoms with Crippen LogP contribution in [0.4, 0.5) is 0 Å². The second-order valence-electron chi connectivity index (χ2n) is 8.01. The van der Waals surface area contributed by atoms with Crippen molar-refractivity contribution in [1.82, 2.24) is 0 Å². The summed E-state index contributed by atoms with van der Waals surface area (Å²) in [5, 5.41) is 0. The van der Waals surface area contributed by atoms with Gasteiger partial charge >= 0.3 is 7.12 Å². The summed E-state index contributed by atoms with van der Waals surface area (Å²) < 4.78 is 21.3. The van der Waals surface area contributed by atoms with Gasteiger partial charge in [-0.1, -0.05) is 67.2 Å². The summed E-state index contributed by atoms with van der Waals surface area (Å²) in [5.41, 5.74) is 2.38. The highest BCUT2D eigenvalue weighted by Gasteiger charge is 2.51. The Kier molecular flexibility index (Phi) is 5.01. The van der Waals surface area contributed by atoms with E-state index in [-0.39, 0.29) is 5.92 Å². The van der Waals surface area contributed by atoms with E-state index >= 15 is 0 Å². The van der Waals surface area contributed by atoms with Gasteiger partial charge in [0, 0.05) is 1.37 Å². The van der Waals surface area contributed by atoms with Gasteiger partial charge in [0.15, 0.2) is 0 Å². The zero-order valence-corrected chi connectivity index (χ0v) is 16.2. The first-order valence-electron chi connectivity index (χ1n) is 9.85. The first-order chi connectivity index (χ1) is 12.7. The number of hydrogen-bond acceptors (Lipinski definition) is 2. The lowest BCUT2D eigenvalue weighted by Crippen LogP contribution is -2.41. The molecule has 1 aliphatic heterocycles. The molecule has 26 heavy (non-hydrogen) atoms. The molecule has 0 saturated carbocycles. The van der Waals surface area contributed by atoms with Crippen LogP contribution in [-0.2, 0) is 9.31 Å². The Labute approximate surface area is 159 Å². The maximum absolute atomic E-state index is 8.98. The van der Waals surface area contributed by atoms with E-state index < -0.39 is 24.6 Å². The Bertz CT molecular complexity index is 757. The SMILES string of the molecule is [2H][C@@H](B1OC(C)(C)C(C)(C)O1)[C@H](CC(=C)c1ccccc1)c1ccccc1. The van der Waals surface area contributed by atoms with Crippen LogP contribution in [0.1, 0.15) is 52.5 Å². The fourth-order valence-corrected chi connectivity index (χ4v) is 3.21. The minimum atomic E-state index is -0.566. The van der Waals surface area contributed by atoms with Crippen LogP contribution in [0, 0.1) is 0 Å². The van der Waals surface area contributed by atoms with Crippen molar-refractivity contribution < 1.29 is 10.7 Å². The molecule has 2 atom stereocenters. The van der Waals surface area contributed by atoms with Gasteiger partial charge in [0.05, 0.1) is 11.2 Å². The minimum Gasteiger partial charge on any atom is -0.403 e. The number of hydrogen-bond donors (Lipinski definition) is 0. The molecule has 2 aromatic carbocycles. The predicted octanol–water partition coefficient (Wildman–Crippen LogP) is 5.97. The normalized spacial score (nSPS) is 21.1. The van der Waals surface area contributed by atoms with Gasteiger partial charge in [0.25, 0.3) is 0 Å². The van der Waals surface area contributed by atoms with Crippen molar-refractivity contribution in [3.8, 4) is 0 Å². The summed E-state index contributed by atoms with van der Waals surface area (Å²) in [5.74, 6) is -0.0615. The van der Waals surface area contributed by atoms with Crippen molar-refractivity contribution in [2.45, 2.75) is 57.5 Å². The summed E-state index contributed by atoms with van der Waals surface area (Å²) in [6.45, 7) is 12.4. The summed E-state index contributed by atoms with van der Waals surface area (Å²) in [4.78, 5) is 0. The molecule has 0 N–H and O–H groups in total. The molecule has 3 rings (SSSR count). The highest BCUT2D eigenvalue weighted by Crippen LogP contribution is 2.41. The Balaban J connectivity index is 1.86. The Morgan fingerprint density at radius 3 is 2.00 bits per heavy atom. The molecule has 1 heterocycles. The molecule has 0 unspecified atom stereocenters. The van der Waals surface area contributed by atoms with E-state index in [1.807, 2.05) is 64.1 Å². The van der Waals surface area contributed by atoms with E-state index in [0.717, 1.165) is 16.7 Å². The van der Waals surface area contributed by atoms with E-state index in [1.165, 1.54) is 0 Å². The lowest BCUT2D eigenvalue weighted by atomic mass is 9.72. The molecule has 0 aromatic heterocycles. The zero-order valence-electron chi connectivity index (χ0n) is 17.2. The quantitative estimate of drug-likeness (QED) is 0.599. The van der Waals surface area contributed by atoms with Gasteiger partial charge in [0.1, 0.15) is 0 Å². The summed E-state index contributed by atoms with van der Waals surface area (Å²) in [7, 11) is -0.566. The number of allylic oxidation sites excluding steroid dienone is 1. The molecule has 1 fully saturated rings. The van der Waals surface area contributed by atoms with Crippen LogP contribution < -0.4 is 0 Å². The van der Waals surface area contributed by atoms with Crippen molar-refractivity contribution >= 4 is 12.7 Å². The molecule has 0 bridgehead atoms. The van der Waals surface area contributed by atoms with Crippen LogP contribution >= 0.6 is 0 Å². The first kappa shape index (κ1) is 17.6. The average Bonchev–Trinajstić information content (AvgIpc) is 2.88. The Morgan fingerprint density at radius 2 is 1.46 bits per heavy atom. The van der Waals surface area contributed by atoms with Crippen LogP contribution in [0.15, 0.2) is 67.2 Å². The van der Waals surface area contributed by atoms with Crippen molar-refractivity contribution in [3.63, 3.8) is 0 Å². The zero-order chi connectivity index (χ0) is 19.7. The van der Waals surface area contributed by atoms with E-state index in [9.17, 15) is 0 Å². The largest absolute Gasteiger partial charge is 0.458 e. The summed E-state index contributed by atoms with van der Waals surface area (Å²) >= 11 is 0. The third-order valence-corrected chi connectivity index (χ3v) is 5.54. The summed E-state index contributed by atoms with van der Waals surface area (Å²) in [6, 6.07) is 20.4. The predicted molar refractivity (Wildman–Crippen MR) is 110 cm³/mol. The molecule has 0 spiro atoms. The van der Waals surface area contributed by atoms with Crippen molar-refractivity contribution in [2.24, 2.45) is 0 Å². The maximum atomic E-state index is 8.98. The van der Waals surface area contributed by atoms with Crippen molar-refractivity contribution in [3.05, 3.63) is 78.4 Å². The summed E-state index contributed by atoms with van der Waals surface area (Å²) in [6.07, 6.45) is 0.139. The molecule has 2 nitrogen and oxygen atoms in total. The fourth-order valence-electron chi connectivity index (χ4n) is 3.21. The van der Waals surface area contributed by atoms with Crippen LogP contribution in [0.2, 0.25) is 6.30 Å². The van der Waals surface area contributed by atoms with Gasteiger partial charge in [0.2, 0.25) is 0 Å². The molecule has 3 heteroatoms. The van der Waals surface area contributed by atoms with Gasteiger partial charge in [-0.25, -0.2) is 0 Å². The third-order valence-electron chi connectivity index (χ3n) is 5.54. The van der Waals surface area contributed by atoms with E-state index in [4.69, 9.17) is 10.7 Å². The standard InChI is InChI=1S/C23H29BO2/c1-18(19-12-8-6-9-13-19)16-21(20-14-10-7-11-15-20)17-24-25-22(2,3)23(4,5)26-24/h6-15,21H,1,16-17H2,2-5H3/t21-/m0/s1/i17D/t17-,21+/m1. The van der Waals surface area contributed by atoms with E-state index in [1.54, 1.807) is 0 Å². The topological polar surface area (TPSA) is 18.5 Å². The monoisotopic (exact) mass is 349 g/mol. The molecule has 0 amide bonds. The molecular formula is C23H29BO2. The van der Waals surface area contributed by atoms with Gasteiger partial charge in [-0.15, -0.1) is 0 Å². The van der Waals surface area contributed by atoms with Crippen LogP contribution in [0.25, 0.3) is 5.57 Å². The van der Waals surface area contributed by atoms with Crippen LogP contribution in [0.3, 0.4) is 0 Å². The van der Waals surface area contributed by atoms with E-state index in [2.05, 4.69) is 30.8 Å². The highest BCUT2D eigenvalue weighted by molar-refractivity contribution is 6.45. The molecule has 136 valence electrons. The highest BCUT2D eigenvalue weighted by atomic mass is 16.7. The van der Waals surface area contributed by atoms with Gasteiger partial charge in [-0.05, 0) is 63.0 Å². The van der Waals surface area contributed by atoms with Gasteiger partial charge < -0.3 is 9.31 Å². The smallest absolute Gasteiger partial charge is 0.403 e. The maximum Gasteiger partial charge on any atom is 0.458 e. The molecule has 1 saturated heterocycles. The molecule has 1 aliphatic rings. The van der Waals surface area contributed by atoms with Crippen LogP contribution in [0.5, 0.6) is 0 Å². The molecular weight excluding hydrogens is 319 g/mol. The second kappa shape index (κ2) is 7.42. The Hall–Kier alpha value is -1.84. The van der Waals surface area contributed by atoms with Crippen LogP contribution in [-0.4, -0.2) is 18.3 Å². The average molecular weight is 349 g/mol. The van der Waals surface area contributed by atoms with Gasteiger partial charge in [-0.3, -0.25) is 0 Å². The number of rotatable bonds is 6. The lowest BCUT2D eigenvalue weighted by Gasteiger charge is -2.32. The Morgan fingerprint density at radius 1 is 0.962 bits per heavy atom. The molecule has 0 radical (unpaired) electrons.